The summed E-state index contributed by atoms with van der Waals surface area (Å²) < 4.78 is 12.3. The molecule has 0 aliphatic rings. The molecule has 7 heteroatoms. The number of hydrogen-bond donors (Lipinski definition) is 0. The van der Waals surface area contributed by atoms with E-state index >= 15 is 0 Å². The Morgan fingerprint density at radius 2 is 1.81 bits per heavy atom. The number of pyridine rings is 1. The predicted octanol–water partition coefficient (Wildman–Crippen LogP) is 7.43. The Morgan fingerprint density at radius 1 is 1.09 bits per heavy atom. The number of aromatic nitrogens is 1. The predicted molar refractivity (Wildman–Crippen MR) is 132 cm³/mol. The lowest BCUT2D eigenvalue weighted by molar-refractivity contribution is -0.153. The van der Waals surface area contributed by atoms with Crippen LogP contribution in [0.25, 0.3) is 10.8 Å². The summed E-state index contributed by atoms with van der Waals surface area (Å²) in [5.74, 6) is 0.204. The van der Waals surface area contributed by atoms with E-state index in [1.54, 1.807) is 18.2 Å². The van der Waals surface area contributed by atoms with Crippen LogP contribution < -0.4 is 4.74 Å². The molecule has 32 heavy (non-hydrogen) atoms. The van der Waals surface area contributed by atoms with Crippen molar-refractivity contribution < 1.29 is 14.3 Å². The summed E-state index contributed by atoms with van der Waals surface area (Å²) in [4.78, 5) is 17.2. The van der Waals surface area contributed by atoms with Crippen LogP contribution in [0.15, 0.2) is 70.1 Å². The molecule has 0 aliphatic heterocycles. The molecule has 0 fully saturated rings. The maximum atomic E-state index is 12.8. The Labute approximate surface area is 204 Å². The quantitative estimate of drug-likeness (QED) is 0.269. The van der Waals surface area contributed by atoms with Crippen LogP contribution in [-0.4, -0.2) is 11.0 Å². The SMILES string of the molecule is CC(C)C(CC=C(Br)Br)C(=O)OC(C#N)c1cccc(Oc2cccc3ccccc23)n1. The maximum Gasteiger partial charge on any atom is 0.311 e. The van der Waals surface area contributed by atoms with Crippen molar-refractivity contribution in [2.24, 2.45) is 11.8 Å². The molecule has 0 saturated heterocycles. The van der Waals surface area contributed by atoms with Crippen molar-refractivity contribution in [3.05, 3.63) is 75.8 Å². The Bertz CT molecular complexity index is 1160. The van der Waals surface area contributed by atoms with E-state index in [1.807, 2.05) is 68.5 Å². The monoisotopic (exact) mass is 556 g/mol. The highest BCUT2D eigenvalue weighted by Crippen LogP contribution is 2.30. The van der Waals surface area contributed by atoms with E-state index in [0.717, 1.165) is 14.2 Å². The second kappa shape index (κ2) is 11.3. The lowest BCUT2D eigenvalue weighted by Crippen LogP contribution is -2.24. The van der Waals surface area contributed by atoms with Crippen molar-refractivity contribution in [2.75, 3.05) is 0 Å². The van der Waals surface area contributed by atoms with Crippen LogP contribution in [0, 0.1) is 23.2 Å². The zero-order chi connectivity index (χ0) is 23.1. The summed E-state index contributed by atoms with van der Waals surface area (Å²) in [7, 11) is 0. The fraction of sp³-hybridized carbons (Fsp3) is 0.240. The number of hydrogen-bond acceptors (Lipinski definition) is 5. The van der Waals surface area contributed by atoms with E-state index in [9.17, 15) is 10.1 Å². The van der Waals surface area contributed by atoms with Crippen LogP contribution >= 0.6 is 31.9 Å². The van der Waals surface area contributed by atoms with Gasteiger partial charge in [-0.05, 0) is 61.7 Å². The summed E-state index contributed by atoms with van der Waals surface area (Å²) in [6.07, 6.45) is 1.21. The van der Waals surface area contributed by atoms with Gasteiger partial charge in [0.1, 0.15) is 11.8 Å². The molecule has 5 nitrogen and oxygen atoms in total. The lowest BCUT2D eigenvalue weighted by Gasteiger charge is -2.20. The van der Waals surface area contributed by atoms with Gasteiger partial charge in [0.25, 0.3) is 0 Å². The Hall–Kier alpha value is -2.69. The fourth-order valence-corrected chi connectivity index (χ4v) is 3.62. The first-order chi connectivity index (χ1) is 15.4. The number of rotatable bonds is 8. The van der Waals surface area contributed by atoms with E-state index in [4.69, 9.17) is 9.47 Å². The number of ether oxygens (including phenoxy) is 2. The zero-order valence-corrected chi connectivity index (χ0v) is 20.8. The number of fused-ring (bicyclic) bond motifs is 1. The van der Waals surface area contributed by atoms with Crippen molar-refractivity contribution in [1.82, 2.24) is 4.98 Å². The number of carbonyl (C=O) groups is 1. The van der Waals surface area contributed by atoms with Gasteiger partial charge in [0.2, 0.25) is 12.0 Å². The molecular weight excluding hydrogens is 536 g/mol. The number of carbonyl (C=O) groups excluding carboxylic acids is 1. The Morgan fingerprint density at radius 3 is 2.53 bits per heavy atom. The third-order valence-electron chi connectivity index (χ3n) is 4.96. The van der Waals surface area contributed by atoms with Crippen LogP contribution in [0.4, 0.5) is 0 Å². The second-order valence-electron chi connectivity index (χ2n) is 7.51. The number of allylic oxidation sites excluding steroid dienone is 1. The van der Waals surface area contributed by atoms with Crippen molar-refractivity contribution in [2.45, 2.75) is 26.4 Å². The number of nitrogens with zero attached hydrogens (tertiary/aromatic N) is 2. The molecule has 3 rings (SSSR count). The van der Waals surface area contributed by atoms with Crippen LogP contribution in [0.2, 0.25) is 0 Å². The van der Waals surface area contributed by atoms with Gasteiger partial charge in [0.05, 0.1) is 15.0 Å². The fourth-order valence-electron chi connectivity index (χ4n) is 3.24. The average Bonchev–Trinajstić information content (AvgIpc) is 2.77. The molecule has 0 saturated carbocycles. The molecule has 0 bridgehead atoms. The maximum absolute atomic E-state index is 12.8. The third-order valence-corrected chi connectivity index (χ3v) is 5.61. The molecular formula is C25H22Br2N2O3. The minimum atomic E-state index is -1.13. The van der Waals surface area contributed by atoms with Crippen molar-refractivity contribution >= 4 is 48.6 Å². The zero-order valence-electron chi connectivity index (χ0n) is 17.7. The van der Waals surface area contributed by atoms with Crippen LogP contribution in [-0.2, 0) is 9.53 Å². The van der Waals surface area contributed by atoms with Crippen LogP contribution in [0.3, 0.4) is 0 Å². The second-order valence-corrected chi connectivity index (χ2v) is 10.3. The van der Waals surface area contributed by atoms with E-state index in [0.29, 0.717) is 23.7 Å². The largest absolute Gasteiger partial charge is 0.440 e. The van der Waals surface area contributed by atoms with E-state index < -0.39 is 12.1 Å². The molecule has 0 amide bonds. The molecule has 2 unspecified atom stereocenters. The highest BCUT2D eigenvalue weighted by Gasteiger charge is 2.27. The summed E-state index contributed by atoms with van der Waals surface area (Å²) in [5.41, 5.74) is 0.318. The average molecular weight is 558 g/mol. The summed E-state index contributed by atoms with van der Waals surface area (Å²) in [5, 5.41) is 11.7. The Balaban J connectivity index is 1.80. The smallest absolute Gasteiger partial charge is 0.311 e. The minimum absolute atomic E-state index is 0.0476. The standard InChI is InChI=1S/C25H22Br2N2O3/c1-16(2)18(13-14-23(26)27)25(30)32-22(15-28)20-10-6-12-24(29-20)31-21-11-5-8-17-7-3-4-9-19(17)21/h3-12,14,16,18,22H,13H2,1-2H3. The topological polar surface area (TPSA) is 72.2 Å². The van der Waals surface area contributed by atoms with Crippen molar-refractivity contribution in [3.8, 4) is 17.7 Å². The molecule has 164 valence electrons. The van der Waals surface area contributed by atoms with E-state index in [1.165, 1.54) is 0 Å². The van der Waals surface area contributed by atoms with Gasteiger partial charge in [-0.15, -0.1) is 0 Å². The first kappa shape index (κ1) is 24.0. The van der Waals surface area contributed by atoms with Crippen LogP contribution in [0.1, 0.15) is 32.1 Å². The van der Waals surface area contributed by atoms with Crippen molar-refractivity contribution in [1.29, 1.82) is 5.26 Å². The molecule has 1 aromatic heterocycles. The molecule has 2 aromatic carbocycles. The molecule has 2 atom stereocenters. The normalized spacial score (nSPS) is 12.6. The molecule has 1 heterocycles. The van der Waals surface area contributed by atoms with Crippen LogP contribution in [0.5, 0.6) is 11.6 Å². The highest BCUT2D eigenvalue weighted by molar-refractivity contribution is 9.28. The van der Waals surface area contributed by atoms with Gasteiger partial charge in [0, 0.05) is 11.5 Å². The number of esters is 1. The number of benzene rings is 2. The van der Waals surface area contributed by atoms with Gasteiger partial charge in [0.15, 0.2) is 0 Å². The summed E-state index contributed by atoms with van der Waals surface area (Å²) >= 11 is 6.60. The van der Waals surface area contributed by atoms with E-state index in [2.05, 4.69) is 36.8 Å². The summed E-state index contributed by atoms with van der Waals surface area (Å²) in [6.45, 7) is 3.89. The minimum Gasteiger partial charge on any atom is -0.440 e. The Kier molecular flexibility index (Phi) is 8.43. The molecule has 0 spiro atoms. The molecule has 0 radical (unpaired) electrons. The van der Waals surface area contributed by atoms with Gasteiger partial charge >= 0.3 is 5.97 Å². The third kappa shape index (κ3) is 6.18. The van der Waals surface area contributed by atoms with E-state index in [-0.39, 0.29) is 11.8 Å². The van der Waals surface area contributed by atoms with Gasteiger partial charge < -0.3 is 9.47 Å². The first-order valence-corrected chi connectivity index (χ1v) is 11.7. The van der Waals surface area contributed by atoms with Gasteiger partial charge in [-0.25, -0.2) is 4.98 Å². The lowest BCUT2D eigenvalue weighted by atomic mass is 9.92. The highest BCUT2D eigenvalue weighted by atomic mass is 79.9. The van der Waals surface area contributed by atoms with Crippen molar-refractivity contribution in [3.63, 3.8) is 0 Å². The summed E-state index contributed by atoms with van der Waals surface area (Å²) in [6, 6.07) is 20.8. The van der Waals surface area contributed by atoms with Gasteiger partial charge in [-0.2, -0.15) is 5.26 Å². The number of halogens is 2. The van der Waals surface area contributed by atoms with Gasteiger partial charge in [-0.1, -0.05) is 62.4 Å². The number of nitriles is 1. The molecule has 3 aromatic rings. The molecule has 0 N–H and O–H groups in total. The van der Waals surface area contributed by atoms with Gasteiger partial charge in [-0.3, -0.25) is 4.79 Å². The first-order valence-electron chi connectivity index (χ1n) is 10.1. The molecule has 0 aliphatic carbocycles.